The van der Waals surface area contributed by atoms with E-state index in [1.54, 1.807) is 6.20 Å². The minimum atomic E-state index is -0.0100. The van der Waals surface area contributed by atoms with Gasteiger partial charge in [0.1, 0.15) is 5.82 Å². The highest BCUT2D eigenvalue weighted by molar-refractivity contribution is 9.10. The second-order valence-electron chi connectivity index (χ2n) is 4.27. The Morgan fingerprint density at radius 2 is 2.24 bits per heavy atom. The summed E-state index contributed by atoms with van der Waals surface area (Å²) in [5, 5.41) is 0. The lowest BCUT2D eigenvalue weighted by molar-refractivity contribution is 0.656. The first-order valence-electron chi connectivity index (χ1n) is 5.55. The molecule has 3 nitrogen and oxygen atoms in total. The fourth-order valence-corrected chi connectivity index (χ4v) is 2.43. The Hall–Kier alpha value is -1.13. The number of aryl methyl sites for hydroxylation is 2. The molecule has 0 fully saturated rings. The molecule has 1 heterocycles. The molecule has 0 saturated carbocycles. The standard InChI is InChI=1S/C13H16BrN3/c1-9-7-10(14)3-4-11(9)12(15)8-13-16-5-6-17(13)2/h3-7,12H,8,15H2,1-2H3. The number of imidazole rings is 1. The normalized spacial score (nSPS) is 12.7. The molecular weight excluding hydrogens is 278 g/mol. The van der Waals surface area contributed by atoms with E-state index in [1.807, 2.05) is 23.9 Å². The maximum atomic E-state index is 6.24. The molecule has 0 bridgehead atoms. The number of hydrogen-bond acceptors (Lipinski definition) is 2. The van der Waals surface area contributed by atoms with Crippen LogP contribution in [0.3, 0.4) is 0 Å². The number of hydrogen-bond donors (Lipinski definition) is 1. The van der Waals surface area contributed by atoms with Crippen molar-refractivity contribution in [3.05, 3.63) is 52.0 Å². The summed E-state index contributed by atoms with van der Waals surface area (Å²) in [5.74, 6) is 1.01. The van der Waals surface area contributed by atoms with Crippen molar-refractivity contribution < 1.29 is 0 Å². The highest BCUT2D eigenvalue weighted by Crippen LogP contribution is 2.22. The van der Waals surface area contributed by atoms with Crippen molar-refractivity contribution in [2.45, 2.75) is 19.4 Å². The molecule has 1 unspecified atom stereocenters. The van der Waals surface area contributed by atoms with E-state index >= 15 is 0 Å². The Morgan fingerprint density at radius 3 is 2.82 bits per heavy atom. The molecule has 0 saturated heterocycles. The summed E-state index contributed by atoms with van der Waals surface area (Å²) >= 11 is 3.46. The van der Waals surface area contributed by atoms with Crippen LogP contribution in [-0.4, -0.2) is 9.55 Å². The van der Waals surface area contributed by atoms with Crippen molar-refractivity contribution in [2.24, 2.45) is 12.8 Å². The zero-order chi connectivity index (χ0) is 12.4. The van der Waals surface area contributed by atoms with E-state index in [1.165, 1.54) is 11.1 Å². The summed E-state index contributed by atoms with van der Waals surface area (Å²) in [7, 11) is 1.99. The van der Waals surface area contributed by atoms with Crippen LogP contribution < -0.4 is 5.73 Å². The van der Waals surface area contributed by atoms with Crippen molar-refractivity contribution in [3.8, 4) is 0 Å². The van der Waals surface area contributed by atoms with Gasteiger partial charge in [0.25, 0.3) is 0 Å². The van der Waals surface area contributed by atoms with Gasteiger partial charge in [-0.15, -0.1) is 0 Å². The maximum absolute atomic E-state index is 6.24. The smallest absolute Gasteiger partial charge is 0.110 e. The van der Waals surface area contributed by atoms with Crippen LogP contribution in [0, 0.1) is 6.92 Å². The van der Waals surface area contributed by atoms with Crippen LogP contribution in [0.5, 0.6) is 0 Å². The molecule has 0 radical (unpaired) electrons. The molecule has 2 rings (SSSR count). The summed E-state index contributed by atoms with van der Waals surface area (Å²) < 4.78 is 3.09. The minimum absolute atomic E-state index is 0.0100. The third-order valence-electron chi connectivity index (χ3n) is 2.95. The number of nitrogens with two attached hydrogens (primary N) is 1. The lowest BCUT2D eigenvalue weighted by Gasteiger charge is -2.14. The molecule has 1 aromatic carbocycles. The predicted molar refractivity (Wildman–Crippen MR) is 72.7 cm³/mol. The Balaban J connectivity index is 2.20. The molecular formula is C13H16BrN3. The highest BCUT2D eigenvalue weighted by atomic mass is 79.9. The second-order valence-corrected chi connectivity index (χ2v) is 5.18. The van der Waals surface area contributed by atoms with E-state index in [-0.39, 0.29) is 6.04 Å². The first-order valence-corrected chi connectivity index (χ1v) is 6.35. The van der Waals surface area contributed by atoms with Crippen LogP contribution in [0.1, 0.15) is 23.0 Å². The third kappa shape index (κ3) is 2.76. The van der Waals surface area contributed by atoms with Crippen molar-refractivity contribution in [1.82, 2.24) is 9.55 Å². The van der Waals surface area contributed by atoms with Gasteiger partial charge >= 0.3 is 0 Å². The van der Waals surface area contributed by atoms with Crippen LogP contribution in [0.25, 0.3) is 0 Å². The SMILES string of the molecule is Cc1cc(Br)ccc1C(N)Cc1nccn1C. The van der Waals surface area contributed by atoms with Gasteiger partial charge in [0, 0.05) is 36.4 Å². The molecule has 0 amide bonds. The van der Waals surface area contributed by atoms with Crippen molar-refractivity contribution in [2.75, 3.05) is 0 Å². The molecule has 0 aliphatic rings. The summed E-state index contributed by atoms with van der Waals surface area (Å²) in [4.78, 5) is 4.30. The van der Waals surface area contributed by atoms with Crippen LogP contribution in [-0.2, 0) is 13.5 Å². The Morgan fingerprint density at radius 1 is 1.47 bits per heavy atom. The van der Waals surface area contributed by atoms with Crippen molar-refractivity contribution in [1.29, 1.82) is 0 Å². The fraction of sp³-hybridized carbons (Fsp3) is 0.308. The molecule has 0 aliphatic heterocycles. The monoisotopic (exact) mass is 293 g/mol. The topological polar surface area (TPSA) is 43.8 Å². The number of rotatable bonds is 3. The summed E-state index contributed by atoms with van der Waals surface area (Å²) in [6.45, 7) is 2.08. The average molecular weight is 294 g/mol. The van der Waals surface area contributed by atoms with Gasteiger partial charge in [0.2, 0.25) is 0 Å². The van der Waals surface area contributed by atoms with Gasteiger partial charge in [-0.25, -0.2) is 4.98 Å². The second kappa shape index (κ2) is 5.02. The van der Waals surface area contributed by atoms with E-state index in [0.717, 1.165) is 16.7 Å². The molecule has 0 spiro atoms. The minimum Gasteiger partial charge on any atom is -0.338 e. The lowest BCUT2D eigenvalue weighted by Crippen LogP contribution is -2.16. The highest BCUT2D eigenvalue weighted by Gasteiger charge is 2.12. The average Bonchev–Trinajstić information content (AvgIpc) is 2.64. The fourth-order valence-electron chi connectivity index (χ4n) is 1.95. The number of halogens is 1. The number of nitrogens with zero attached hydrogens (tertiary/aromatic N) is 2. The van der Waals surface area contributed by atoms with E-state index in [0.29, 0.717) is 0 Å². The lowest BCUT2D eigenvalue weighted by atomic mass is 9.99. The Labute approximate surface area is 110 Å². The van der Waals surface area contributed by atoms with E-state index in [2.05, 4.69) is 40.0 Å². The zero-order valence-corrected chi connectivity index (χ0v) is 11.6. The maximum Gasteiger partial charge on any atom is 0.110 e. The van der Waals surface area contributed by atoms with Gasteiger partial charge in [-0.05, 0) is 30.2 Å². The van der Waals surface area contributed by atoms with Crippen LogP contribution in [0.15, 0.2) is 35.1 Å². The molecule has 2 N–H and O–H groups in total. The van der Waals surface area contributed by atoms with Gasteiger partial charge < -0.3 is 10.3 Å². The summed E-state index contributed by atoms with van der Waals surface area (Å²) in [5.41, 5.74) is 8.62. The summed E-state index contributed by atoms with van der Waals surface area (Å²) in [6, 6.07) is 6.19. The molecule has 4 heteroatoms. The van der Waals surface area contributed by atoms with Crippen molar-refractivity contribution in [3.63, 3.8) is 0 Å². The largest absolute Gasteiger partial charge is 0.338 e. The first-order chi connectivity index (χ1) is 8.08. The molecule has 1 aromatic heterocycles. The predicted octanol–water partition coefficient (Wildman–Crippen LogP) is 2.73. The molecule has 0 aliphatic carbocycles. The van der Waals surface area contributed by atoms with E-state index in [4.69, 9.17) is 5.73 Å². The van der Waals surface area contributed by atoms with Gasteiger partial charge in [-0.1, -0.05) is 22.0 Å². The van der Waals surface area contributed by atoms with Gasteiger partial charge in [0.15, 0.2) is 0 Å². The quantitative estimate of drug-likeness (QED) is 0.946. The van der Waals surface area contributed by atoms with Gasteiger partial charge in [0.05, 0.1) is 0 Å². The van der Waals surface area contributed by atoms with Gasteiger partial charge in [-0.2, -0.15) is 0 Å². The van der Waals surface area contributed by atoms with E-state index < -0.39 is 0 Å². The Bertz CT molecular complexity index is 519. The Kier molecular flexibility index (Phi) is 3.64. The zero-order valence-electron chi connectivity index (χ0n) is 10.0. The summed E-state index contributed by atoms with van der Waals surface area (Å²) in [6.07, 6.45) is 4.50. The van der Waals surface area contributed by atoms with Gasteiger partial charge in [-0.3, -0.25) is 0 Å². The first kappa shape index (κ1) is 12.3. The van der Waals surface area contributed by atoms with Crippen LogP contribution >= 0.6 is 15.9 Å². The molecule has 2 aromatic rings. The van der Waals surface area contributed by atoms with E-state index in [9.17, 15) is 0 Å². The van der Waals surface area contributed by atoms with Crippen molar-refractivity contribution >= 4 is 15.9 Å². The molecule has 1 atom stereocenters. The van der Waals surface area contributed by atoms with Crippen LogP contribution in [0.2, 0.25) is 0 Å². The third-order valence-corrected chi connectivity index (χ3v) is 3.45. The molecule has 17 heavy (non-hydrogen) atoms. The number of benzene rings is 1. The molecule has 90 valence electrons. The number of aromatic nitrogens is 2. The van der Waals surface area contributed by atoms with Crippen LogP contribution in [0.4, 0.5) is 0 Å².